The van der Waals surface area contributed by atoms with E-state index < -0.39 is 0 Å². The standard InChI is InChI=1S/C19H26O2S/c1-19-8-7-15-14-6-4-13(21-2)9-12(14)3-5-16(15)17(19)10-22-11-18(19)20/h4,6,9,15-18,20H,3,5,7-8,10-11H2,1-2H3/t15-,16-,17-,18-,19+/m1/s1. The molecule has 1 aliphatic heterocycles. The van der Waals surface area contributed by atoms with Gasteiger partial charge in [0.15, 0.2) is 0 Å². The van der Waals surface area contributed by atoms with Gasteiger partial charge in [0.25, 0.3) is 0 Å². The fraction of sp³-hybridized carbons (Fsp3) is 0.684. The summed E-state index contributed by atoms with van der Waals surface area (Å²) in [4.78, 5) is 0. The van der Waals surface area contributed by atoms with Gasteiger partial charge in [-0.15, -0.1) is 0 Å². The lowest BCUT2D eigenvalue weighted by Gasteiger charge is -2.55. The summed E-state index contributed by atoms with van der Waals surface area (Å²) >= 11 is 1.96. The molecule has 0 aromatic heterocycles. The first-order chi connectivity index (χ1) is 10.6. The van der Waals surface area contributed by atoms with Crippen LogP contribution in [0.25, 0.3) is 0 Å². The maximum atomic E-state index is 10.6. The van der Waals surface area contributed by atoms with Crippen LogP contribution in [0.1, 0.15) is 43.2 Å². The van der Waals surface area contributed by atoms with Crippen molar-refractivity contribution >= 4 is 11.8 Å². The van der Waals surface area contributed by atoms with Gasteiger partial charge in [0.05, 0.1) is 13.2 Å². The molecular formula is C19H26O2S. The Kier molecular flexibility index (Phi) is 3.69. The molecule has 0 spiro atoms. The Morgan fingerprint density at radius 3 is 2.95 bits per heavy atom. The molecule has 22 heavy (non-hydrogen) atoms. The Labute approximate surface area is 137 Å². The third-order valence-corrected chi connectivity index (χ3v) is 7.85. The summed E-state index contributed by atoms with van der Waals surface area (Å²) < 4.78 is 5.40. The minimum atomic E-state index is -0.116. The largest absolute Gasteiger partial charge is 0.497 e. The molecule has 5 atom stereocenters. The van der Waals surface area contributed by atoms with Gasteiger partial charge in [0.1, 0.15) is 5.75 Å². The fourth-order valence-electron chi connectivity index (χ4n) is 5.26. The van der Waals surface area contributed by atoms with Crippen molar-refractivity contribution in [2.45, 2.75) is 44.6 Å². The van der Waals surface area contributed by atoms with Crippen molar-refractivity contribution in [3.63, 3.8) is 0 Å². The maximum absolute atomic E-state index is 10.6. The molecule has 2 aliphatic carbocycles. The van der Waals surface area contributed by atoms with Crippen molar-refractivity contribution in [1.29, 1.82) is 0 Å². The lowest BCUT2D eigenvalue weighted by atomic mass is 9.53. The average Bonchev–Trinajstić information content (AvgIpc) is 2.55. The minimum Gasteiger partial charge on any atom is -0.497 e. The number of hydrogen-bond donors (Lipinski definition) is 1. The molecule has 0 amide bonds. The van der Waals surface area contributed by atoms with Crippen molar-refractivity contribution in [2.75, 3.05) is 18.6 Å². The SMILES string of the molecule is COc1ccc2c(c1)CC[C@@H]1[C@@H]2CC[C@]2(C)[C@H](O)CSC[C@H]12. The third kappa shape index (κ3) is 2.12. The summed E-state index contributed by atoms with van der Waals surface area (Å²) in [6.07, 6.45) is 4.74. The molecule has 120 valence electrons. The van der Waals surface area contributed by atoms with Crippen molar-refractivity contribution in [1.82, 2.24) is 0 Å². The first-order valence-electron chi connectivity index (χ1n) is 8.56. The van der Waals surface area contributed by atoms with E-state index in [1.54, 1.807) is 12.7 Å². The van der Waals surface area contributed by atoms with E-state index in [0.29, 0.717) is 11.8 Å². The first-order valence-corrected chi connectivity index (χ1v) is 9.71. The summed E-state index contributed by atoms with van der Waals surface area (Å²) in [5.41, 5.74) is 3.20. The molecule has 1 aromatic carbocycles. The number of methoxy groups -OCH3 is 1. The summed E-state index contributed by atoms with van der Waals surface area (Å²) in [7, 11) is 1.75. The lowest BCUT2D eigenvalue weighted by molar-refractivity contribution is -0.0525. The van der Waals surface area contributed by atoms with Crippen molar-refractivity contribution in [3.8, 4) is 5.75 Å². The predicted molar refractivity (Wildman–Crippen MR) is 91.7 cm³/mol. The van der Waals surface area contributed by atoms with E-state index in [1.165, 1.54) is 37.0 Å². The number of aryl methyl sites for hydroxylation is 1. The van der Waals surface area contributed by atoms with Crippen LogP contribution >= 0.6 is 11.8 Å². The summed E-state index contributed by atoms with van der Waals surface area (Å²) in [5.74, 6) is 5.27. The molecule has 1 aromatic rings. The van der Waals surface area contributed by atoms with E-state index in [9.17, 15) is 5.11 Å². The third-order valence-electron chi connectivity index (χ3n) is 6.71. The van der Waals surface area contributed by atoms with Gasteiger partial charge >= 0.3 is 0 Å². The Hall–Kier alpha value is -0.670. The molecule has 3 aliphatic rings. The van der Waals surface area contributed by atoms with Gasteiger partial charge in [-0.3, -0.25) is 0 Å². The fourth-order valence-corrected chi connectivity index (χ4v) is 6.88. The quantitative estimate of drug-likeness (QED) is 0.852. The first kappa shape index (κ1) is 14.9. The number of benzene rings is 1. The Morgan fingerprint density at radius 2 is 2.14 bits per heavy atom. The van der Waals surface area contributed by atoms with Crippen molar-refractivity contribution in [2.24, 2.45) is 17.3 Å². The molecule has 0 bridgehead atoms. The maximum Gasteiger partial charge on any atom is 0.119 e. The predicted octanol–water partition coefficient (Wildman–Crippen LogP) is 3.87. The van der Waals surface area contributed by atoms with Crippen LogP contribution in [0.2, 0.25) is 0 Å². The topological polar surface area (TPSA) is 29.5 Å². The molecule has 1 saturated heterocycles. The van der Waals surface area contributed by atoms with Crippen LogP contribution < -0.4 is 4.74 Å². The Balaban J connectivity index is 1.68. The van der Waals surface area contributed by atoms with E-state index in [0.717, 1.165) is 17.4 Å². The normalized spacial score (nSPS) is 40.3. The molecule has 0 unspecified atom stereocenters. The zero-order valence-corrected chi connectivity index (χ0v) is 14.4. The molecule has 2 fully saturated rings. The number of fused-ring (bicyclic) bond motifs is 5. The molecule has 1 saturated carbocycles. The number of thioether (sulfide) groups is 1. The Morgan fingerprint density at radius 1 is 1.27 bits per heavy atom. The van der Waals surface area contributed by atoms with Crippen LogP contribution in [0.15, 0.2) is 18.2 Å². The highest BCUT2D eigenvalue weighted by molar-refractivity contribution is 7.99. The molecular weight excluding hydrogens is 292 g/mol. The molecule has 1 heterocycles. The van der Waals surface area contributed by atoms with Crippen molar-refractivity contribution < 1.29 is 9.84 Å². The van der Waals surface area contributed by atoms with Gasteiger partial charge in [-0.1, -0.05) is 13.0 Å². The number of aliphatic hydroxyl groups is 1. The summed E-state index contributed by atoms with van der Waals surface area (Å²) in [5, 5.41) is 10.6. The van der Waals surface area contributed by atoms with E-state index in [-0.39, 0.29) is 11.5 Å². The number of rotatable bonds is 1. The molecule has 3 heteroatoms. The van der Waals surface area contributed by atoms with Gasteiger partial charge in [0.2, 0.25) is 0 Å². The van der Waals surface area contributed by atoms with Crippen LogP contribution in [0, 0.1) is 17.3 Å². The number of ether oxygens (including phenoxy) is 1. The smallest absolute Gasteiger partial charge is 0.119 e. The van der Waals surface area contributed by atoms with Gasteiger partial charge < -0.3 is 9.84 Å². The van der Waals surface area contributed by atoms with Gasteiger partial charge in [0, 0.05) is 5.75 Å². The molecule has 0 radical (unpaired) electrons. The molecule has 2 nitrogen and oxygen atoms in total. The second-order valence-corrected chi connectivity index (χ2v) is 8.65. The van der Waals surface area contributed by atoms with E-state index >= 15 is 0 Å². The zero-order valence-electron chi connectivity index (χ0n) is 13.5. The number of hydrogen-bond acceptors (Lipinski definition) is 3. The van der Waals surface area contributed by atoms with Crippen molar-refractivity contribution in [3.05, 3.63) is 29.3 Å². The van der Waals surface area contributed by atoms with Crippen LogP contribution in [0.4, 0.5) is 0 Å². The zero-order chi connectivity index (χ0) is 15.3. The second-order valence-electron chi connectivity index (χ2n) is 7.58. The van der Waals surface area contributed by atoms with Crippen LogP contribution in [0.5, 0.6) is 5.75 Å². The van der Waals surface area contributed by atoms with Gasteiger partial charge in [-0.2, -0.15) is 11.8 Å². The van der Waals surface area contributed by atoms with Crippen LogP contribution in [0.3, 0.4) is 0 Å². The van der Waals surface area contributed by atoms with E-state index in [1.807, 2.05) is 11.8 Å². The Bertz CT molecular complexity index is 573. The van der Waals surface area contributed by atoms with Crippen LogP contribution in [-0.2, 0) is 6.42 Å². The lowest BCUT2D eigenvalue weighted by Crippen LogP contribution is -2.53. The molecule has 4 rings (SSSR count). The van der Waals surface area contributed by atoms with Crippen LogP contribution in [-0.4, -0.2) is 29.8 Å². The second kappa shape index (κ2) is 5.45. The highest BCUT2D eigenvalue weighted by Gasteiger charge is 2.52. The molecule has 1 N–H and O–H groups in total. The monoisotopic (exact) mass is 318 g/mol. The highest BCUT2D eigenvalue weighted by Crippen LogP contribution is 2.58. The average molecular weight is 318 g/mol. The minimum absolute atomic E-state index is 0.116. The van der Waals surface area contributed by atoms with Gasteiger partial charge in [-0.05, 0) is 77.9 Å². The van der Waals surface area contributed by atoms with E-state index in [4.69, 9.17) is 4.74 Å². The number of aliphatic hydroxyl groups excluding tert-OH is 1. The van der Waals surface area contributed by atoms with Gasteiger partial charge in [-0.25, -0.2) is 0 Å². The van der Waals surface area contributed by atoms with E-state index in [2.05, 4.69) is 25.1 Å². The summed E-state index contributed by atoms with van der Waals surface area (Å²) in [6.45, 7) is 2.35. The summed E-state index contributed by atoms with van der Waals surface area (Å²) in [6, 6.07) is 6.67. The highest BCUT2D eigenvalue weighted by atomic mass is 32.2.